The smallest absolute Gasteiger partial charge is 0.237 e. The zero-order chi connectivity index (χ0) is 11.5. The number of carbonyl (C=O) groups excluding carboxylic acids is 1. The van der Waals surface area contributed by atoms with Gasteiger partial charge in [-0.05, 0) is 44.9 Å². The summed E-state index contributed by atoms with van der Waals surface area (Å²) in [5, 5.41) is 6.20. The maximum atomic E-state index is 11.8. The summed E-state index contributed by atoms with van der Waals surface area (Å²) < 4.78 is 0. The lowest BCUT2D eigenvalue weighted by atomic mass is 10.2. The molecule has 0 radical (unpaired) electrons. The van der Waals surface area contributed by atoms with Crippen molar-refractivity contribution in [2.24, 2.45) is 0 Å². The lowest BCUT2D eigenvalue weighted by Crippen LogP contribution is -2.40. The van der Waals surface area contributed by atoms with Crippen LogP contribution >= 0.6 is 11.3 Å². The molecule has 1 unspecified atom stereocenters. The predicted molar refractivity (Wildman–Crippen MR) is 66.7 cm³/mol. The number of aryl methyl sites for hydroxylation is 2. The Morgan fingerprint density at radius 3 is 3.00 bits per heavy atom. The first-order valence-corrected chi connectivity index (χ1v) is 6.55. The predicted octanol–water partition coefficient (Wildman–Crippen LogP) is 1.73. The van der Waals surface area contributed by atoms with E-state index in [2.05, 4.69) is 30.5 Å². The Morgan fingerprint density at radius 2 is 2.44 bits per heavy atom. The molecule has 1 fully saturated rings. The van der Waals surface area contributed by atoms with E-state index in [0.717, 1.165) is 19.4 Å². The van der Waals surface area contributed by atoms with Gasteiger partial charge in [0.2, 0.25) is 5.91 Å². The van der Waals surface area contributed by atoms with Crippen molar-refractivity contribution in [3.8, 4) is 0 Å². The van der Waals surface area contributed by atoms with E-state index in [4.69, 9.17) is 0 Å². The first-order chi connectivity index (χ1) is 7.66. The number of hydrogen-bond acceptors (Lipinski definition) is 3. The molecule has 88 valence electrons. The van der Waals surface area contributed by atoms with Gasteiger partial charge in [0.15, 0.2) is 0 Å². The average Bonchev–Trinajstić information content (AvgIpc) is 2.84. The lowest BCUT2D eigenvalue weighted by molar-refractivity contribution is -0.122. The summed E-state index contributed by atoms with van der Waals surface area (Å²) in [6.07, 6.45) is 2.07. The van der Waals surface area contributed by atoms with E-state index in [-0.39, 0.29) is 11.9 Å². The van der Waals surface area contributed by atoms with Crippen LogP contribution in [0.2, 0.25) is 0 Å². The molecule has 1 aromatic heterocycles. The minimum atomic E-state index is 0.0278. The van der Waals surface area contributed by atoms with Crippen molar-refractivity contribution in [2.75, 3.05) is 6.54 Å². The van der Waals surface area contributed by atoms with Crippen molar-refractivity contribution in [2.45, 2.75) is 39.3 Å². The van der Waals surface area contributed by atoms with Gasteiger partial charge >= 0.3 is 0 Å². The van der Waals surface area contributed by atoms with Crippen molar-refractivity contribution in [1.82, 2.24) is 10.6 Å². The fourth-order valence-electron chi connectivity index (χ4n) is 2.07. The van der Waals surface area contributed by atoms with Crippen LogP contribution in [0.15, 0.2) is 6.07 Å². The van der Waals surface area contributed by atoms with Crippen LogP contribution in [0.3, 0.4) is 0 Å². The third-order valence-electron chi connectivity index (χ3n) is 2.97. The summed E-state index contributed by atoms with van der Waals surface area (Å²) in [6, 6.07) is 2.18. The quantitative estimate of drug-likeness (QED) is 0.842. The van der Waals surface area contributed by atoms with Crippen molar-refractivity contribution >= 4 is 17.2 Å². The highest BCUT2D eigenvalue weighted by molar-refractivity contribution is 7.12. The highest BCUT2D eigenvalue weighted by Gasteiger charge is 2.21. The maximum absolute atomic E-state index is 11.8. The molecule has 0 aliphatic carbocycles. The molecule has 3 nitrogen and oxygen atoms in total. The van der Waals surface area contributed by atoms with E-state index in [1.807, 2.05) is 0 Å². The Labute approximate surface area is 100 Å². The van der Waals surface area contributed by atoms with Gasteiger partial charge in [-0.3, -0.25) is 4.79 Å². The molecular weight excluding hydrogens is 220 g/mol. The number of carbonyl (C=O) groups is 1. The fraction of sp³-hybridized carbons (Fsp3) is 0.583. The molecule has 0 saturated carbocycles. The van der Waals surface area contributed by atoms with Crippen molar-refractivity contribution in [1.29, 1.82) is 0 Å². The summed E-state index contributed by atoms with van der Waals surface area (Å²) >= 11 is 1.79. The molecule has 1 aromatic rings. The second-order valence-corrected chi connectivity index (χ2v) is 5.77. The number of hydrogen-bond donors (Lipinski definition) is 2. The van der Waals surface area contributed by atoms with Crippen LogP contribution in [0, 0.1) is 13.8 Å². The summed E-state index contributed by atoms with van der Waals surface area (Å²) in [5.41, 5.74) is 1.24. The monoisotopic (exact) mass is 238 g/mol. The molecule has 16 heavy (non-hydrogen) atoms. The molecule has 1 atom stereocenters. The zero-order valence-corrected chi connectivity index (χ0v) is 10.6. The highest BCUT2D eigenvalue weighted by Crippen LogP contribution is 2.20. The van der Waals surface area contributed by atoms with Gasteiger partial charge in [-0.15, -0.1) is 11.3 Å². The summed E-state index contributed by atoms with van der Waals surface area (Å²) in [6.45, 7) is 5.83. The van der Waals surface area contributed by atoms with Crippen molar-refractivity contribution in [3.05, 3.63) is 21.4 Å². The normalized spacial score (nSPS) is 20.0. The Bertz CT molecular complexity index is 380. The fourth-order valence-corrected chi connectivity index (χ4v) is 3.02. The van der Waals surface area contributed by atoms with Gasteiger partial charge in [0, 0.05) is 16.3 Å². The van der Waals surface area contributed by atoms with Gasteiger partial charge in [-0.1, -0.05) is 0 Å². The van der Waals surface area contributed by atoms with E-state index in [1.54, 1.807) is 11.3 Å². The molecule has 4 heteroatoms. The van der Waals surface area contributed by atoms with Gasteiger partial charge in [0.25, 0.3) is 0 Å². The van der Waals surface area contributed by atoms with E-state index in [9.17, 15) is 4.79 Å². The minimum Gasteiger partial charge on any atom is -0.351 e. The lowest BCUT2D eigenvalue weighted by Gasteiger charge is -2.10. The molecule has 1 aliphatic heterocycles. The third-order valence-corrected chi connectivity index (χ3v) is 3.98. The van der Waals surface area contributed by atoms with Crippen LogP contribution in [0.4, 0.5) is 0 Å². The number of rotatable bonds is 3. The second-order valence-electron chi connectivity index (χ2n) is 4.31. The van der Waals surface area contributed by atoms with E-state index in [0.29, 0.717) is 6.54 Å². The molecule has 2 N–H and O–H groups in total. The van der Waals surface area contributed by atoms with E-state index >= 15 is 0 Å². The second kappa shape index (κ2) is 4.97. The topological polar surface area (TPSA) is 41.1 Å². The molecule has 1 aliphatic rings. The standard InChI is InChI=1S/C12H18N2OS/c1-8-6-10(9(2)16-8)7-14-12(15)11-4-3-5-13-11/h6,11,13H,3-5,7H2,1-2H3,(H,14,15). The van der Waals surface area contributed by atoms with Crippen molar-refractivity contribution in [3.63, 3.8) is 0 Å². The van der Waals surface area contributed by atoms with Gasteiger partial charge in [-0.2, -0.15) is 0 Å². The SMILES string of the molecule is Cc1cc(CNC(=O)C2CCCN2)c(C)s1. The van der Waals surface area contributed by atoms with Crippen LogP contribution in [-0.4, -0.2) is 18.5 Å². The first kappa shape index (κ1) is 11.6. The Balaban J connectivity index is 1.87. The summed E-state index contributed by atoms with van der Waals surface area (Å²) in [4.78, 5) is 14.4. The van der Waals surface area contributed by atoms with Crippen LogP contribution in [0.1, 0.15) is 28.2 Å². The third kappa shape index (κ3) is 2.62. The van der Waals surface area contributed by atoms with Gasteiger partial charge < -0.3 is 10.6 Å². The minimum absolute atomic E-state index is 0.0278. The maximum Gasteiger partial charge on any atom is 0.237 e. The van der Waals surface area contributed by atoms with Crippen LogP contribution in [0.25, 0.3) is 0 Å². The number of amides is 1. The van der Waals surface area contributed by atoms with Gasteiger partial charge in [0.05, 0.1) is 6.04 Å². The average molecular weight is 238 g/mol. The van der Waals surface area contributed by atoms with Crippen molar-refractivity contribution < 1.29 is 4.79 Å². The Hall–Kier alpha value is -0.870. The van der Waals surface area contributed by atoms with Crippen LogP contribution < -0.4 is 10.6 Å². The molecule has 1 saturated heterocycles. The number of thiophene rings is 1. The van der Waals surface area contributed by atoms with E-state index in [1.165, 1.54) is 15.3 Å². The molecule has 2 heterocycles. The summed E-state index contributed by atoms with van der Waals surface area (Å²) in [7, 11) is 0. The number of nitrogens with one attached hydrogen (secondary N) is 2. The molecule has 0 bridgehead atoms. The van der Waals surface area contributed by atoms with Crippen LogP contribution in [0.5, 0.6) is 0 Å². The summed E-state index contributed by atoms with van der Waals surface area (Å²) in [5.74, 6) is 0.140. The zero-order valence-electron chi connectivity index (χ0n) is 9.80. The van der Waals surface area contributed by atoms with E-state index < -0.39 is 0 Å². The largest absolute Gasteiger partial charge is 0.351 e. The molecular formula is C12H18N2OS. The molecule has 1 amide bonds. The van der Waals surface area contributed by atoms with Crippen LogP contribution in [-0.2, 0) is 11.3 Å². The van der Waals surface area contributed by atoms with Gasteiger partial charge in [0.1, 0.15) is 0 Å². The molecule has 0 spiro atoms. The Kier molecular flexibility index (Phi) is 3.61. The molecule has 0 aromatic carbocycles. The van der Waals surface area contributed by atoms with Gasteiger partial charge in [-0.25, -0.2) is 0 Å². The molecule has 2 rings (SSSR count). The first-order valence-electron chi connectivity index (χ1n) is 5.74. The Morgan fingerprint density at radius 1 is 1.62 bits per heavy atom. The highest BCUT2D eigenvalue weighted by atomic mass is 32.1.